The Morgan fingerprint density at radius 2 is 2.04 bits per heavy atom. The molecule has 7 nitrogen and oxygen atoms in total. The van der Waals surface area contributed by atoms with Crippen LogP contribution in [0.2, 0.25) is 0 Å². The summed E-state index contributed by atoms with van der Waals surface area (Å²) in [5, 5.41) is 14.8. The minimum atomic E-state index is -0.729. The molecular formula is C18H24N4O3S. The van der Waals surface area contributed by atoms with Gasteiger partial charge in [0.15, 0.2) is 0 Å². The average Bonchev–Trinajstić information content (AvgIpc) is 3.18. The third-order valence-corrected chi connectivity index (χ3v) is 5.92. The Labute approximate surface area is 157 Å². The molecule has 0 aromatic heterocycles. The number of hydrogen-bond donors (Lipinski definition) is 3. The highest BCUT2D eigenvalue weighted by molar-refractivity contribution is 8.00. The normalized spacial score (nSPS) is 23.0. The summed E-state index contributed by atoms with van der Waals surface area (Å²) in [6, 6.07) is 9.97. The highest BCUT2D eigenvalue weighted by Gasteiger charge is 2.42. The van der Waals surface area contributed by atoms with Crippen molar-refractivity contribution in [1.82, 2.24) is 10.6 Å². The van der Waals surface area contributed by atoms with Gasteiger partial charge in [0.1, 0.15) is 0 Å². The number of nitrogens with one attached hydrogen (secondary N) is 2. The van der Waals surface area contributed by atoms with E-state index in [0.717, 1.165) is 30.6 Å². The zero-order chi connectivity index (χ0) is 18.9. The van der Waals surface area contributed by atoms with E-state index in [1.165, 1.54) is 0 Å². The number of aliphatic carboxylic acids is 1. The van der Waals surface area contributed by atoms with Crippen LogP contribution in [-0.2, 0) is 4.79 Å². The van der Waals surface area contributed by atoms with E-state index in [9.17, 15) is 9.59 Å². The van der Waals surface area contributed by atoms with Gasteiger partial charge < -0.3 is 21.3 Å². The Kier molecular flexibility index (Phi) is 7.69. The maximum Gasteiger partial charge on any atom is 0.315 e. The molecule has 2 heterocycles. The van der Waals surface area contributed by atoms with Gasteiger partial charge >= 0.3 is 12.0 Å². The SMILES string of the molecule is CC(=[N+]=[N-])c1ccccc1.O=C(O)CCCC[C@@H]1SC[C@@H]2NC(=O)N[C@@H]21. The number of amides is 2. The number of carboxylic acid groups (broad SMARTS) is 1. The fourth-order valence-electron chi connectivity index (χ4n) is 3.00. The van der Waals surface area contributed by atoms with Gasteiger partial charge in [-0.1, -0.05) is 24.6 Å². The molecule has 2 aliphatic rings. The van der Waals surface area contributed by atoms with Gasteiger partial charge in [0, 0.05) is 24.3 Å². The third kappa shape index (κ3) is 5.89. The van der Waals surface area contributed by atoms with Gasteiger partial charge in [-0.3, -0.25) is 4.79 Å². The zero-order valence-electron chi connectivity index (χ0n) is 14.7. The first-order chi connectivity index (χ1) is 12.5. The molecule has 0 radical (unpaired) electrons. The number of benzene rings is 1. The minimum absolute atomic E-state index is 0.0640. The second-order valence-electron chi connectivity index (χ2n) is 6.31. The summed E-state index contributed by atoms with van der Waals surface area (Å²) in [6.45, 7) is 1.76. The molecule has 1 aromatic rings. The predicted molar refractivity (Wildman–Crippen MR) is 101 cm³/mol. The third-order valence-electron chi connectivity index (χ3n) is 4.41. The number of thioether (sulfide) groups is 1. The summed E-state index contributed by atoms with van der Waals surface area (Å²) in [4.78, 5) is 24.5. The van der Waals surface area contributed by atoms with Crippen molar-refractivity contribution < 1.29 is 19.5 Å². The van der Waals surface area contributed by atoms with Crippen LogP contribution in [-0.4, -0.2) is 50.7 Å². The van der Waals surface area contributed by atoms with Gasteiger partial charge in [0.25, 0.3) is 5.71 Å². The number of carbonyl (C=O) groups excluding carboxylic acids is 1. The highest BCUT2D eigenvalue weighted by Crippen LogP contribution is 2.33. The summed E-state index contributed by atoms with van der Waals surface area (Å²) < 4.78 is 0. The molecule has 2 amide bonds. The lowest BCUT2D eigenvalue weighted by Crippen LogP contribution is -2.36. The molecule has 26 heavy (non-hydrogen) atoms. The van der Waals surface area contributed by atoms with Crippen LogP contribution in [0.15, 0.2) is 30.3 Å². The number of carboxylic acids is 1. The molecule has 0 saturated carbocycles. The van der Waals surface area contributed by atoms with E-state index >= 15 is 0 Å². The maximum atomic E-state index is 11.1. The van der Waals surface area contributed by atoms with E-state index < -0.39 is 5.97 Å². The number of fused-ring (bicyclic) bond motifs is 1. The van der Waals surface area contributed by atoms with Crippen LogP contribution >= 0.6 is 11.8 Å². The fourth-order valence-corrected chi connectivity index (χ4v) is 4.55. The van der Waals surface area contributed by atoms with Gasteiger partial charge in [-0.25, -0.2) is 4.79 Å². The molecule has 2 saturated heterocycles. The van der Waals surface area contributed by atoms with Crippen molar-refractivity contribution in [3.63, 3.8) is 0 Å². The smallest absolute Gasteiger partial charge is 0.315 e. The van der Waals surface area contributed by atoms with Crippen LogP contribution < -0.4 is 10.6 Å². The lowest BCUT2D eigenvalue weighted by molar-refractivity contribution is -0.137. The van der Waals surface area contributed by atoms with Gasteiger partial charge in [0.2, 0.25) is 0 Å². The largest absolute Gasteiger partial charge is 0.481 e. The minimum Gasteiger partial charge on any atom is -0.481 e. The quantitative estimate of drug-likeness (QED) is 0.233. The van der Waals surface area contributed by atoms with E-state index in [4.69, 9.17) is 10.6 Å². The lowest BCUT2D eigenvalue weighted by atomic mass is 10.0. The molecule has 3 rings (SSSR count). The van der Waals surface area contributed by atoms with Gasteiger partial charge in [0.05, 0.1) is 17.6 Å². The Bertz CT molecular complexity index is 676. The number of rotatable bonds is 6. The van der Waals surface area contributed by atoms with Crippen LogP contribution in [0.3, 0.4) is 0 Å². The maximum absolute atomic E-state index is 11.1. The van der Waals surface area contributed by atoms with Crippen LogP contribution in [0.25, 0.3) is 5.53 Å². The zero-order valence-corrected chi connectivity index (χ0v) is 15.5. The van der Waals surface area contributed by atoms with Gasteiger partial charge in [-0.05, 0) is 25.0 Å². The average molecular weight is 376 g/mol. The number of unbranched alkanes of at least 4 members (excludes halogenated alkanes) is 1. The van der Waals surface area contributed by atoms with Crippen molar-refractivity contribution in [1.29, 1.82) is 0 Å². The number of urea groups is 1. The van der Waals surface area contributed by atoms with Crippen LogP contribution in [0.1, 0.15) is 38.2 Å². The highest BCUT2D eigenvalue weighted by atomic mass is 32.2. The molecule has 2 aliphatic heterocycles. The second kappa shape index (κ2) is 9.99. The van der Waals surface area contributed by atoms with Crippen molar-refractivity contribution in [2.24, 2.45) is 0 Å². The molecule has 0 spiro atoms. The fraction of sp³-hybridized carbons (Fsp3) is 0.500. The van der Waals surface area contributed by atoms with Gasteiger partial charge in [-0.2, -0.15) is 16.6 Å². The van der Waals surface area contributed by atoms with Crippen molar-refractivity contribution in [3.05, 3.63) is 41.4 Å². The summed E-state index contributed by atoms with van der Waals surface area (Å²) in [7, 11) is 0. The standard InChI is InChI=1S/C10H16N2O3S.C8H8N2/c13-8(14)4-2-1-3-7-9-6(5-16-7)11-10(15)12-9;1-7(10-9)8-5-3-2-4-6-8/h6-7,9H,1-5H2,(H,13,14)(H2,11,12,15);2-6H,1H3/t6-,7-,9-;/m0./s1. The van der Waals surface area contributed by atoms with E-state index in [2.05, 4.69) is 15.4 Å². The van der Waals surface area contributed by atoms with E-state index in [1.807, 2.05) is 42.1 Å². The summed E-state index contributed by atoms with van der Waals surface area (Å²) in [6.07, 6.45) is 2.88. The Balaban J connectivity index is 0.000000209. The first-order valence-electron chi connectivity index (χ1n) is 8.65. The Morgan fingerprint density at radius 3 is 2.69 bits per heavy atom. The molecule has 1 aromatic carbocycles. The van der Waals surface area contributed by atoms with Crippen molar-refractivity contribution in [3.8, 4) is 0 Å². The molecule has 0 unspecified atom stereocenters. The molecule has 3 N–H and O–H groups in total. The number of carbonyl (C=O) groups is 2. The van der Waals surface area contributed by atoms with Gasteiger partial charge in [-0.15, -0.1) is 0 Å². The molecule has 0 bridgehead atoms. The van der Waals surface area contributed by atoms with E-state index in [1.54, 1.807) is 6.92 Å². The number of nitrogens with zero attached hydrogens (tertiary/aromatic N) is 2. The van der Waals surface area contributed by atoms with Crippen molar-refractivity contribution in [2.75, 3.05) is 5.75 Å². The van der Waals surface area contributed by atoms with Crippen LogP contribution in [0.4, 0.5) is 4.79 Å². The molecular weight excluding hydrogens is 352 g/mol. The first kappa shape index (κ1) is 20.0. The van der Waals surface area contributed by atoms with E-state index in [0.29, 0.717) is 11.0 Å². The van der Waals surface area contributed by atoms with Crippen molar-refractivity contribution >= 4 is 29.5 Å². The van der Waals surface area contributed by atoms with Crippen molar-refractivity contribution in [2.45, 2.75) is 49.9 Å². The molecule has 8 heteroatoms. The van der Waals surface area contributed by atoms with Crippen LogP contribution in [0.5, 0.6) is 0 Å². The summed E-state index contributed by atoms with van der Waals surface area (Å²) in [5.41, 5.74) is 9.96. The second-order valence-corrected chi connectivity index (χ2v) is 7.58. The monoisotopic (exact) mass is 376 g/mol. The Morgan fingerprint density at radius 1 is 1.31 bits per heavy atom. The lowest BCUT2D eigenvalue weighted by Gasteiger charge is -2.16. The first-order valence-corrected chi connectivity index (χ1v) is 9.70. The number of hydrogen-bond acceptors (Lipinski definition) is 3. The van der Waals surface area contributed by atoms with Crippen LogP contribution in [0, 0.1) is 0 Å². The summed E-state index contributed by atoms with van der Waals surface area (Å²) >= 11 is 1.87. The molecule has 2 fully saturated rings. The van der Waals surface area contributed by atoms with E-state index in [-0.39, 0.29) is 24.5 Å². The molecule has 0 aliphatic carbocycles. The molecule has 140 valence electrons. The Hall–Kier alpha value is -2.31. The molecule has 3 atom stereocenters. The predicted octanol–water partition coefficient (Wildman–Crippen LogP) is 2.52. The topological polar surface area (TPSA) is 115 Å². The summed E-state index contributed by atoms with van der Waals surface area (Å²) in [5.74, 6) is 0.236.